The monoisotopic (exact) mass is 419 g/mol. The number of aromatic nitrogens is 2. The summed E-state index contributed by atoms with van der Waals surface area (Å²) in [5, 5.41) is 0. The van der Waals surface area contributed by atoms with E-state index in [-0.39, 0.29) is 17.0 Å². The summed E-state index contributed by atoms with van der Waals surface area (Å²) in [7, 11) is 1.25. The maximum Gasteiger partial charge on any atom is 0.358 e. The van der Waals surface area contributed by atoms with Gasteiger partial charge in [0.05, 0.1) is 31.8 Å². The van der Waals surface area contributed by atoms with Gasteiger partial charge in [0, 0.05) is 18.2 Å². The van der Waals surface area contributed by atoms with Gasteiger partial charge in [-0.2, -0.15) is 0 Å². The van der Waals surface area contributed by atoms with E-state index in [0.29, 0.717) is 24.8 Å². The molecule has 0 saturated carbocycles. The lowest BCUT2D eigenvalue weighted by Gasteiger charge is -2.34. The highest BCUT2D eigenvalue weighted by atomic mass is 19.1. The van der Waals surface area contributed by atoms with Crippen molar-refractivity contribution in [2.45, 2.75) is 32.4 Å². The van der Waals surface area contributed by atoms with Gasteiger partial charge in [-0.05, 0) is 57.8 Å². The van der Waals surface area contributed by atoms with E-state index in [0.717, 1.165) is 25.9 Å². The van der Waals surface area contributed by atoms with Crippen molar-refractivity contribution in [3.8, 4) is 17.0 Å². The molecule has 1 aliphatic heterocycles. The minimum atomic E-state index is -1.19. The van der Waals surface area contributed by atoms with Gasteiger partial charge in [-0.15, -0.1) is 0 Å². The van der Waals surface area contributed by atoms with Gasteiger partial charge in [-0.25, -0.2) is 18.6 Å². The summed E-state index contributed by atoms with van der Waals surface area (Å²) >= 11 is 0. The molecule has 0 amide bonds. The minimum Gasteiger partial charge on any atom is -0.493 e. The fourth-order valence-electron chi connectivity index (χ4n) is 3.55. The molecule has 1 fully saturated rings. The molecule has 1 aromatic heterocycles. The molecule has 1 aliphatic rings. The van der Waals surface area contributed by atoms with E-state index in [1.165, 1.54) is 25.6 Å². The third-order valence-electron chi connectivity index (χ3n) is 5.04. The van der Waals surface area contributed by atoms with E-state index in [9.17, 15) is 13.6 Å². The molecule has 0 N–H and O–H groups in total. The van der Waals surface area contributed by atoms with Crippen molar-refractivity contribution in [1.29, 1.82) is 0 Å². The van der Waals surface area contributed by atoms with Crippen molar-refractivity contribution in [3.63, 3.8) is 0 Å². The Kier molecular flexibility index (Phi) is 6.97. The summed E-state index contributed by atoms with van der Waals surface area (Å²) < 4.78 is 38.8. The quantitative estimate of drug-likeness (QED) is 0.634. The largest absolute Gasteiger partial charge is 0.493 e. The highest BCUT2D eigenvalue weighted by molar-refractivity contribution is 5.87. The first-order valence-electron chi connectivity index (χ1n) is 9.99. The molecule has 2 heterocycles. The third kappa shape index (κ3) is 5.95. The lowest BCUT2D eigenvalue weighted by molar-refractivity contribution is 0.0593. The lowest BCUT2D eigenvalue weighted by Crippen LogP contribution is -2.41. The van der Waals surface area contributed by atoms with Crippen molar-refractivity contribution in [1.82, 2.24) is 14.9 Å². The second-order valence-electron chi connectivity index (χ2n) is 8.17. The van der Waals surface area contributed by atoms with E-state index >= 15 is 0 Å². The van der Waals surface area contributed by atoms with Gasteiger partial charge in [-0.3, -0.25) is 4.98 Å². The number of esters is 1. The molecule has 0 bridgehead atoms. The second-order valence-corrected chi connectivity index (χ2v) is 8.17. The number of likely N-dealkylation sites (tertiary alicyclic amines) is 1. The van der Waals surface area contributed by atoms with Gasteiger partial charge < -0.3 is 14.4 Å². The van der Waals surface area contributed by atoms with Crippen LogP contribution < -0.4 is 4.74 Å². The topological polar surface area (TPSA) is 64.6 Å². The lowest BCUT2D eigenvalue weighted by atomic mass is 9.97. The maximum atomic E-state index is 14.6. The summed E-state index contributed by atoms with van der Waals surface area (Å²) in [5.41, 5.74) is -0.714. The van der Waals surface area contributed by atoms with Gasteiger partial charge in [0.15, 0.2) is 5.69 Å². The van der Waals surface area contributed by atoms with Crippen LogP contribution in [0.5, 0.6) is 5.75 Å². The Labute approximate surface area is 175 Å². The van der Waals surface area contributed by atoms with Crippen LogP contribution in [-0.4, -0.2) is 59.9 Å². The van der Waals surface area contributed by atoms with Crippen molar-refractivity contribution in [2.75, 3.05) is 33.4 Å². The van der Waals surface area contributed by atoms with Gasteiger partial charge in [-0.1, -0.05) is 0 Å². The number of carbonyl (C=O) groups is 1. The van der Waals surface area contributed by atoms with Crippen LogP contribution >= 0.6 is 0 Å². The zero-order chi connectivity index (χ0) is 21.7. The van der Waals surface area contributed by atoms with Gasteiger partial charge in [0.1, 0.15) is 17.2 Å². The van der Waals surface area contributed by atoms with Crippen LogP contribution in [0.25, 0.3) is 11.3 Å². The summed E-state index contributed by atoms with van der Waals surface area (Å²) in [6.45, 7) is 5.79. The SMILES string of the molecule is COC(=O)c1cncc(-c2ccc(OCC3CCN(CC(C)(C)F)CC3)cc2F)n1. The summed E-state index contributed by atoms with van der Waals surface area (Å²) in [6.07, 6.45) is 4.50. The Bertz CT molecular complexity index is 878. The number of halogens is 2. The highest BCUT2D eigenvalue weighted by Gasteiger charge is 2.25. The van der Waals surface area contributed by atoms with Crippen LogP contribution in [0.2, 0.25) is 0 Å². The molecule has 1 aromatic carbocycles. The van der Waals surface area contributed by atoms with Crippen molar-refractivity contribution >= 4 is 5.97 Å². The van der Waals surface area contributed by atoms with Crippen LogP contribution in [0, 0.1) is 11.7 Å². The minimum absolute atomic E-state index is 0.0113. The zero-order valence-electron chi connectivity index (χ0n) is 17.5. The van der Waals surface area contributed by atoms with Crippen molar-refractivity contribution in [3.05, 3.63) is 42.1 Å². The van der Waals surface area contributed by atoms with Gasteiger partial charge in [0.2, 0.25) is 0 Å². The average Bonchev–Trinajstić information content (AvgIpc) is 2.71. The second kappa shape index (κ2) is 9.47. The first kappa shape index (κ1) is 22.1. The molecule has 0 unspecified atom stereocenters. The number of hydrogen-bond acceptors (Lipinski definition) is 6. The molecule has 3 rings (SSSR count). The van der Waals surface area contributed by atoms with E-state index in [1.54, 1.807) is 26.0 Å². The molecule has 0 atom stereocenters. The molecule has 0 aliphatic carbocycles. The van der Waals surface area contributed by atoms with Gasteiger partial charge in [0.25, 0.3) is 0 Å². The van der Waals surface area contributed by atoms with Crippen LogP contribution in [0.3, 0.4) is 0 Å². The molecule has 6 nitrogen and oxygen atoms in total. The molecule has 0 spiro atoms. The number of nitrogens with zero attached hydrogens (tertiary/aromatic N) is 3. The van der Waals surface area contributed by atoms with E-state index < -0.39 is 17.5 Å². The number of alkyl halides is 1. The highest BCUT2D eigenvalue weighted by Crippen LogP contribution is 2.26. The number of piperidine rings is 1. The molecule has 30 heavy (non-hydrogen) atoms. The predicted octanol–water partition coefficient (Wildman–Crippen LogP) is 3.91. The Morgan fingerprint density at radius 1 is 1.27 bits per heavy atom. The number of hydrogen-bond donors (Lipinski definition) is 0. The number of rotatable bonds is 7. The van der Waals surface area contributed by atoms with Crippen LogP contribution in [-0.2, 0) is 4.74 Å². The summed E-state index contributed by atoms with van der Waals surface area (Å²) in [5.74, 6) is -0.357. The molecule has 8 heteroatoms. The fraction of sp³-hybridized carbons (Fsp3) is 0.500. The Balaban J connectivity index is 1.57. The number of benzene rings is 1. The Morgan fingerprint density at radius 3 is 2.63 bits per heavy atom. The normalized spacial score (nSPS) is 15.8. The number of carbonyl (C=O) groups excluding carboxylic acids is 1. The molecule has 1 saturated heterocycles. The van der Waals surface area contributed by atoms with Crippen molar-refractivity contribution < 1.29 is 23.0 Å². The summed E-state index contributed by atoms with van der Waals surface area (Å²) in [4.78, 5) is 21.8. The van der Waals surface area contributed by atoms with Crippen LogP contribution in [0.15, 0.2) is 30.6 Å². The number of ether oxygens (including phenoxy) is 2. The van der Waals surface area contributed by atoms with E-state index in [2.05, 4.69) is 19.6 Å². The average molecular weight is 419 g/mol. The molecular weight excluding hydrogens is 392 g/mol. The van der Waals surface area contributed by atoms with Crippen LogP contribution in [0.1, 0.15) is 37.2 Å². The molecule has 0 radical (unpaired) electrons. The molecule has 162 valence electrons. The molecule has 2 aromatic rings. The number of methoxy groups -OCH3 is 1. The standard InChI is InChI=1S/C22H27F2N3O3/c1-22(2,24)14-27-8-6-15(7-9-27)13-30-16-4-5-17(18(23)10-16)19-11-25-12-20(26-19)21(28)29-3/h4-5,10-12,15H,6-9,13-14H2,1-3H3. The predicted molar refractivity (Wildman–Crippen MR) is 109 cm³/mol. The maximum absolute atomic E-state index is 14.6. The fourth-order valence-corrected chi connectivity index (χ4v) is 3.55. The molecular formula is C22H27F2N3O3. The summed E-state index contributed by atoms with van der Waals surface area (Å²) in [6, 6.07) is 4.54. The third-order valence-corrected chi connectivity index (χ3v) is 5.04. The van der Waals surface area contributed by atoms with Gasteiger partial charge >= 0.3 is 5.97 Å². The van der Waals surface area contributed by atoms with E-state index in [4.69, 9.17) is 4.74 Å². The first-order chi connectivity index (χ1) is 14.2. The Hall–Kier alpha value is -2.61. The smallest absolute Gasteiger partial charge is 0.358 e. The Morgan fingerprint density at radius 2 is 2.00 bits per heavy atom. The van der Waals surface area contributed by atoms with Crippen LogP contribution in [0.4, 0.5) is 8.78 Å². The zero-order valence-corrected chi connectivity index (χ0v) is 17.5. The first-order valence-corrected chi connectivity index (χ1v) is 9.99. The van der Waals surface area contributed by atoms with E-state index in [1.807, 2.05) is 0 Å². The van der Waals surface area contributed by atoms with Crippen molar-refractivity contribution in [2.24, 2.45) is 5.92 Å².